The van der Waals surface area contributed by atoms with E-state index < -0.39 is 40.5 Å². The van der Waals surface area contributed by atoms with Crippen LogP contribution < -0.4 is 10.0 Å². The third-order valence-corrected chi connectivity index (χ3v) is 5.56. The van der Waals surface area contributed by atoms with Gasteiger partial charge in [-0.05, 0) is 24.6 Å². The van der Waals surface area contributed by atoms with Gasteiger partial charge in [-0.1, -0.05) is 42.5 Å². The first-order valence-corrected chi connectivity index (χ1v) is 10.5. The Morgan fingerprint density at radius 2 is 1.70 bits per heavy atom. The van der Waals surface area contributed by atoms with Gasteiger partial charge in [-0.2, -0.15) is 0 Å². The molecule has 10 heteroatoms. The molecule has 3 rings (SSSR count). The van der Waals surface area contributed by atoms with E-state index in [4.69, 9.17) is 4.74 Å². The first-order chi connectivity index (χ1) is 14.3. The Morgan fingerprint density at radius 3 is 2.43 bits per heavy atom. The monoisotopic (exact) mass is 429 g/mol. The average Bonchev–Trinajstić information content (AvgIpc) is 2.97. The molecule has 2 amide bonds. The van der Waals surface area contributed by atoms with Gasteiger partial charge in [0.15, 0.2) is 6.61 Å². The molecule has 2 N–H and O–H groups in total. The number of carbonyl (C=O) groups excluding carboxylic acids is 3. The molecule has 0 aliphatic carbocycles. The summed E-state index contributed by atoms with van der Waals surface area (Å²) < 4.78 is 31.3. The maximum atomic E-state index is 12.1. The van der Waals surface area contributed by atoms with Gasteiger partial charge < -0.3 is 4.74 Å². The van der Waals surface area contributed by atoms with Crippen LogP contribution in [0.4, 0.5) is 0 Å². The molecule has 0 fully saturated rings. The lowest BCUT2D eigenvalue weighted by molar-refractivity contribution is -0.150. The van der Waals surface area contributed by atoms with E-state index in [-0.39, 0.29) is 17.2 Å². The molecule has 0 saturated carbocycles. The summed E-state index contributed by atoms with van der Waals surface area (Å²) in [5.74, 6) is -2.10. The number of imide groups is 1. The molecular weight excluding hydrogens is 410 g/mol. The van der Waals surface area contributed by atoms with Gasteiger partial charge in [-0.15, -0.1) is 0 Å². The minimum Gasteiger partial charge on any atom is -0.454 e. The molecule has 0 aromatic heterocycles. The second-order valence-electron chi connectivity index (χ2n) is 6.50. The largest absolute Gasteiger partial charge is 0.454 e. The quantitative estimate of drug-likeness (QED) is 0.645. The number of nitrogens with one attached hydrogen (secondary N) is 2. The van der Waals surface area contributed by atoms with Crippen molar-refractivity contribution in [3.05, 3.63) is 65.7 Å². The molecular formula is C20H19N3O6S. The van der Waals surface area contributed by atoms with E-state index in [2.05, 4.69) is 15.0 Å². The van der Waals surface area contributed by atoms with Crippen LogP contribution in [0.3, 0.4) is 0 Å². The van der Waals surface area contributed by atoms with Crippen LogP contribution in [0.1, 0.15) is 18.1 Å². The summed E-state index contributed by atoms with van der Waals surface area (Å²) in [4.78, 5) is 39.9. The van der Waals surface area contributed by atoms with Crippen LogP contribution in [0, 0.1) is 0 Å². The standard InChI is InChI=1S/C20H19N3O6S/c1-13(21-19-15-9-5-6-10-16(15)30(27,28)23-19)20(26)29-12-18(25)22-17(24)11-14-7-3-2-4-8-14/h2-10,13H,11-12H2,1H3,(H,21,23)(H,22,24,25)/t13-/m0/s1. The Hall–Kier alpha value is -3.53. The molecule has 30 heavy (non-hydrogen) atoms. The topological polar surface area (TPSA) is 131 Å². The molecule has 2 aromatic rings. The first-order valence-electron chi connectivity index (χ1n) is 8.99. The van der Waals surface area contributed by atoms with Gasteiger partial charge in [0.05, 0.1) is 11.3 Å². The van der Waals surface area contributed by atoms with E-state index in [0.717, 1.165) is 5.56 Å². The molecule has 1 aliphatic rings. The lowest BCUT2D eigenvalue weighted by Gasteiger charge is -2.09. The number of hydrogen-bond donors (Lipinski definition) is 2. The summed E-state index contributed by atoms with van der Waals surface area (Å²) in [5, 5.41) is 2.14. The van der Waals surface area contributed by atoms with Gasteiger partial charge in [0.1, 0.15) is 11.9 Å². The highest BCUT2D eigenvalue weighted by Crippen LogP contribution is 2.22. The van der Waals surface area contributed by atoms with Crippen molar-refractivity contribution in [2.75, 3.05) is 6.61 Å². The van der Waals surface area contributed by atoms with Gasteiger partial charge >= 0.3 is 5.97 Å². The Balaban J connectivity index is 1.53. The predicted octanol–water partition coefficient (Wildman–Crippen LogP) is 0.542. The van der Waals surface area contributed by atoms with Crippen LogP contribution in [-0.4, -0.2) is 44.7 Å². The molecule has 0 radical (unpaired) electrons. The van der Waals surface area contributed by atoms with Crippen molar-refractivity contribution in [1.82, 2.24) is 10.0 Å². The number of hydrogen-bond acceptors (Lipinski definition) is 7. The number of fused-ring (bicyclic) bond motifs is 1. The number of ether oxygens (including phenoxy) is 1. The van der Waals surface area contributed by atoms with Gasteiger partial charge in [0, 0.05) is 5.56 Å². The van der Waals surface area contributed by atoms with Crippen molar-refractivity contribution in [2.45, 2.75) is 24.3 Å². The van der Waals surface area contributed by atoms with E-state index >= 15 is 0 Å². The Bertz CT molecular complexity index is 1110. The minimum atomic E-state index is -3.73. The molecule has 0 bridgehead atoms. The highest BCUT2D eigenvalue weighted by molar-refractivity contribution is 7.90. The third-order valence-electron chi connectivity index (χ3n) is 4.16. The van der Waals surface area contributed by atoms with Crippen molar-refractivity contribution >= 4 is 33.6 Å². The van der Waals surface area contributed by atoms with Crippen LogP contribution in [0.5, 0.6) is 0 Å². The van der Waals surface area contributed by atoms with E-state index in [9.17, 15) is 22.8 Å². The number of benzene rings is 2. The molecule has 1 aliphatic heterocycles. The highest BCUT2D eigenvalue weighted by Gasteiger charge is 2.31. The summed E-state index contributed by atoms with van der Waals surface area (Å²) in [7, 11) is -3.73. The van der Waals surface area contributed by atoms with Crippen molar-refractivity contribution in [1.29, 1.82) is 0 Å². The number of carbonyl (C=O) groups is 3. The fourth-order valence-corrected chi connectivity index (χ4v) is 3.99. The van der Waals surface area contributed by atoms with Crippen LogP contribution in [-0.2, 0) is 35.6 Å². The first kappa shape index (κ1) is 21.2. The molecule has 156 valence electrons. The summed E-state index contributed by atoms with van der Waals surface area (Å²) in [6, 6.07) is 14.0. The number of sulfonamides is 1. The van der Waals surface area contributed by atoms with Crippen molar-refractivity contribution in [3.8, 4) is 0 Å². The Morgan fingerprint density at radius 1 is 1.03 bits per heavy atom. The Kier molecular flexibility index (Phi) is 6.26. The summed E-state index contributed by atoms with van der Waals surface area (Å²) in [6.07, 6.45) is 0.0180. The average molecular weight is 429 g/mol. The second kappa shape index (κ2) is 8.87. The van der Waals surface area contributed by atoms with Crippen LogP contribution >= 0.6 is 0 Å². The molecule has 1 atom stereocenters. The number of rotatable bonds is 6. The fraction of sp³-hybridized carbons (Fsp3) is 0.200. The lowest BCUT2D eigenvalue weighted by atomic mass is 10.1. The number of aliphatic imine (C=N–C) groups is 1. The number of amidine groups is 1. The van der Waals surface area contributed by atoms with Gasteiger partial charge in [-0.25, -0.2) is 13.2 Å². The highest BCUT2D eigenvalue weighted by atomic mass is 32.2. The number of esters is 1. The number of amides is 2. The molecule has 1 heterocycles. The molecule has 9 nitrogen and oxygen atoms in total. The smallest absolute Gasteiger partial charge is 0.331 e. The maximum absolute atomic E-state index is 12.1. The zero-order valence-electron chi connectivity index (χ0n) is 16.0. The van der Waals surface area contributed by atoms with Crippen LogP contribution in [0.25, 0.3) is 0 Å². The molecule has 0 saturated heterocycles. The lowest BCUT2D eigenvalue weighted by Crippen LogP contribution is -2.36. The zero-order chi connectivity index (χ0) is 21.7. The minimum absolute atomic E-state index is 0.0180. The molecule has 0 spiro atoms. The summed E-state index contributed by atoms with van der Waals surface area (Å²) >= 11 is 0. The fourth-order valence-electron chi connectivity index (χ4n) is 2.75. The van der Waals surface area contributed by atoms with Gasteiger partial charge in [0.25, 0.3) is 15.9 Å². The van der Waals surface area contributed by atoms with E-state index in [1.165, 1.54) is 13.0 Å². The third kappa shape index (κ3) is 5.09. The zero-order valence-corrected chi connectivity index (χ0v) is 16.8. The van der Waals surface area contributed by atoms with Crippen molar-refractivity contribution in [2.24, 2.45) is 4.99 Å². The van der Waals surface area contributed by atoms with Crippen molar-refractivity contribution < 1.29 is 27.5 Å². The normalized spacial score (nSPS) is 16.2. The number of nitrogens with zero attached hydrogens (tertiary/aromatic N) is 1. The SMILES string of the molecule is C[C@H](N=C1NS(=O)(=O)c2ccccc21)C(=O)OCC(=O)NC(=O)Cc1ccccc1. The van der Waals surface area contributed by atoms with Crippen molar-refractivity contribution in [3.63, 3.8) is 0 Å². The summed E-state index contributed by atoms with van der Waals surface area (Å²) in [6.45, 7) is 0.750. The predicted molar refractivity (Wildman–Crippen MR) is 107 cm³/mol. The van der Waals surface area contributed by atoms with Gasteiger partial charge in [0.2, 0.25) is 5.91 Å². The second-order valence-corrected chi connectivity index (χ2v) is 8.15. The van der Waals surface area contributed by atoms with E-state index in [0.29, 0.717) is 5.56 Å². The molecule has 2 aromatic carbocycles. The van der Waals surface area contributed by atoms with E-state index in [1.54, 1.807) is 42.5 Å². The summed E-state index contributed by atoms with van der Waals surface area (Å²) in [5.41, 5.74) is 1.09. The Labute approximate surface area is 173 Å². The molecule has 0 unspecified atom stereocenters. The maximum Gasteiger partial charge on any atom is 0.331 e. The van der Waals surface area contributed by atoms with Gasteiger partial charge in [-0.3, -0.25) is 24.6 Å². The van der Waals surface area contributed by atoms with Crippen LogP contribution in [0.15, 0.2) is 64.5 Å². The van der Waals surface area contributed by atoms with Crippen LogP contribution in [0.2, 0.25) is 0 Å². The van der Waals surface area contributed by atoms with E-state index in [1.807, 2.05) is 6.07 Å².